The monoisotopic (exact) mass is 909 g/mol. The Hall–Kier alpha value is -5.94. The Bertz CT molecular complexity index is 2390. The number of nitrogens with two attached hydrogens (primary N) is 1. The van der Waals surface area contributed by atoms with Crippen LogP contribution in [-0.2, 0) is 47.3 Å². The summed E-state index contributed by atoms with van der Waals surface area (Å²) in [6.07, 6.45) is -16.7. The van der Waals surface area contributed by atoms with E-state index in [1.54, 1.807) is 0 Å². The Kier molecular flexibility index (Phi) is 12.3. The van der Waals surface area contributed by atoms with Crippen molar-refractivity contribution >= 4 is 23.2 Å². The van der Waals surface area contributed by atoms with Crippen LogP contribution in [0.1, 0.15) is 99.6 Å². The predicted molar refractivity (Wildman–Crippen MR) is 195 cm³/mol. The molecule has 3 N–H and O–H groups in total. The van der Waals surface area contributed by atoms with Gasteiger partial charge in [-0.2, -0.15) is 62.9 Å². The Morgan fingerprint density at radius 1 is 0.667 bits per heavy atom. The number of halogens is 12. The highest BCUT2D eigenvalue weighted by atomic mass is 19.4. The lowest BCUT2D eigenvalue weighted by molar-refractivity contribution is -0.278. The van der Waals surface area contributed by atoms with E-state index >= 15 is 0 Å². The molecule has 0 saturated heterocycles. The molecular weight excluding hydrogens is 874 g/mol. The van der Waals surface area contributed by atoms with Crippen molar-refractivity contribution in [2.75, 3.05) is 0 Å². The minimum Gasteiger partial charge on any atom is -0.478 e. The molecule has 2 saturated carbocycles. The summed E-state index contributed by atoms with van der Waals surface area (Å²) in [6.45, 7) is 0. The zero-order chi connectivity index (χ0) is 46.5. The third kappa shape index (κ3) is 9.99. The van der Waals surface area contributed by atoms with Gasteiger partial charge in [0.05, 0.1) is 41.2 Å². The van der Waals surface area contributed by atoms with Gasteiger partial charge in [-0.25, -0.2) is 4.79 Å². The number of carboxylic acids is 1. The number of nitrogens with zero attached hydrogens (tertiary/aromatic N) is 6. The van der Waals surface area contributed by atoms with E-state index in [4.69, 9.17) is 15.7 Å². The van der Waals surface area contributed by atoms with Crippen LogP contribution in [0.3, 0.4) is 0 Å². The number of oxime groups is 2. The van der Waals surface area contributed by atoms with Crippen LogP contribution in [0.15, 0.2) is 71.0 Å². The average molecular weight is 910 g/mol. The van der Waals surface area contributed by atoms with Crippen LogP contribution in [0.2, 0.25) is 0 Å². The zero-order valence-corrected chi connectivity index (χ0v) is 32.8. The lowest BCUT2D eigenvalue weighted by atomic mass is 9.89. The molecule has 0 radical (unpaired) electrons. The first-order valence-electron chi connectivity index (χ1n) is 18.7. The molecule has 8 rings (SSSR count). The Morgan fingerprint density at radius 3 is 1.32 bits per heavy atom. The molecular formula is C39H35F12N7O5. The molecule has 2 aliphatic heterocycles. The maximum Gasteiger partial charge on any atom is 0.437 e. The number of aromatic nitrogens is 4. The molecule has 2 fully saturated rings. The molecule has 4 aromatic rings. The fourth-order valence-corrected chi connectivity index (χ4v) is 6.46. The normalized spacial score (nSPS) is 21.3. The number of benzene rings is 2. The summed E-state index contributed by atoms with van der Waals surface area (Å²) in [7, 11) is 1.93. The average Bonchev–Trinajstić information content (AvgIpc) is 3.90. The predicted octanol–water partition coefficient (Wildman–Crippen LogP) is 8.83. The summed E-state index contributed by atoms with van der Waals surface area (Å²) < 4.78 is 162. The molecule has 12 nitrogen and oxygen atoms in total. The number of rotatable bonds is 8. The summed E-state index contributed by atoms with van der Waals surface area (Å²) in [5, 5.41) is 22.1. The van der Waals surface area contributed by atoms with Gasteiger partial charge in [0.25, 0.3) is 11.2 Å². The van der Waals surface area contributed by atoms with E-state index in [0.717, 1.165) is 26.9 Å². The van der Waals surface area contributed by atoms with Crippen LogP contribution in [0.25, 0.3) is 0 Å². The summed E-state index contributed by atoms with van der Waals surface area (Å²) in [4.78, 5) is 32.5. The van der Waals surface area contributed by atoms with Gasteiger partial charge in [-0.15, -0.1) is 0 Å². The van der Waals surface area contributed by atoms with Crippen molar-refractivity contribution in [2.45, 2.75) is 86.9 Å². The van der Waals surface area contributed by atoms with Crippen LogP contribution in [0.4, 0.5) is 52.7 Å². The Morgan fingerprint density at radius 2 is 1.03 bits per heavy atom. The number of ketones is 1. The van der Waals surface area contributed by atoms with Crippen molar-refractivity contribution in [2.24, 2.45) is 36.1 Å². The van der Waals surface area contributed by atoms with Crippen LogP contribution in [-0.4, -0.2) is 66.2 Å². The van der Waals surface area contributed by atoms with E-state index in [-0.39, 0.29) is 40.0 Å². The second-order valence-corrected chi connectivity index (χ2v) is 15.2. The van der Waals surface area contributed by atoms with E-state index in [1.807, 2.05) is 0 Å². The van der Waals surface area contributed by atoms with Gasteiger partial charge in [-0.1, -0.05) is 46.7 Å². The topological polar surface area (TPSA) is 159 Å². The number of carbonyl (C=O) groups is 2. The van der Waals surface area contributed by atoms with E-state index in [0.29, 0.717) is 39.4 Å². The highest BCUT2D eigenvalue weighted by Crippen LogP contribution is 2.51. The Labute approximate surface area is 348 Å². The number of hydrogen-bond donors (Lipinski definition) is 2. The largest absolute Gasteiger partial charge is 0.478 e. The van der Waals surface area contributed by atoms with E-state index in [2.05, 4.69) is 25.3 Å². The van der Waals surface area contributed by atoms with Crippen molar-refractivity contribution in [3.8, 4) is 0 Å². The molecule has 0 amide bonds. The van der Waals surface area contributed by atoms with Gasteiger partial charge in [-0.3, -0.25) is 14.2 Å². The molecule has 63 heavy (non-hydrogen) atoms. The van der Waals surface area contributed by atoms with Gasteiger partial charge >= 0.3 is 30.7 Å². The van der Waals surface area contributed by atoms with Gasteiger partial charge in [0.1, 0.15) is 0 Å². The van der Waals surface area contributed by atoms with Crippen LogP contribution in [0, 0.1) is 5.92 Å². The highest BCUT2D eigenvalue weighted by molar-refractivity contribution is 6.04. The number of alkyl halides is 12. The molecule has 4 aliphatic rings. The first-order chi connectivity index (χ1) is 29.1. The molecule has 2 atom stereocenters. The van der Waals surface area contributed by atoms with E-state index in [9.17, 15) is 62.3 Å². The Balaban J connectivity index is 0.000000193. The zero-order valence-electron chi connectivity index (χ0n) is 32.8. The van der Waals surface area contributed by atoms with Crippen LogP contribution in [0.5, 0.6) is 0 Å². The standard InChI is InChI=1S/C20H17F6N3O2.C16H11F6N3O3.C3H7N/c1-29-17(9-16(27-29)19(21,22)23)18(20(24,25)26)10-14(28-31-18)12-4-6-13(7-5-12)15(30)8-11-2-3-11;1-25-12(6-11(23-25)15(17,18)19)14(16(20,21)22)7-10(24-28-14)8-2-4-9(5-3-8)13(26)27;4-3-1-2-3/h4-7,9,11H,2-3,8,10H2,1H3;2-6H,7H2,1H3,(H,26,27);3H,1-2,4H2. The molecule has 340 valence electrons. The third-order valence-electron chi connectivity index (χ3n) is 10.3. The molecule has 4 heterocycles. The quantitative estimate of drug-likeness (QED) is 0.131. The molecule has 0 spiro atoms. The molecule has 2 unspecified atom stereocenters. The van der Waals surface area contributed by atoms with Crippen LogP contribution < -0.4 is 5.73 Å². The summed E-state index contributed by atoms with van der Waals surface area (Å²) in [6, 6.07) is 11.9. The number of aryl methyl sites for hydroxylation is 2. The lowest BCUT2D eigenvalue weighted by Crippen LogP contribution is -2.44. The highest BCUT2D eigenvalue weighted by Gasteiger charge is 2.65. The van der Waals surface area contributed by atoms with Gasteiger partial charge in [0.15, 0.2) is 17.2 Å². The first-order valence-corrected chi connectivity index (χ1v) is 18.7. The molecule has 2 aromatic heterocycles. The minimum atomic E-state index is -5.10. The van der Waals surface area contributed by atoms with Gasteiger partial charge in [0.2, 0.25) is 0 Å². The van der Waals surface area contributed by atoms with E-state index in [1.165, 1.54) is 61.4 Å². The second kappa shape index (κ2) is 16.6. The van der Waals surface area contributed by atoms with Crippen molar-refractivity contribution < 1.29 is 77.1 Å². The molecule has 2 aliphatic carbocycles. The molecule has 2 aromatic carbocycles. The van der Waals surface area contributed by atoms with Gasteiger partial charge in [0, 0.05) is 32.1 Å². The molecule has 24 heteroatoms. The van der Waals surface area contributed by atoms with Gasteiger partial charge in [-0.05, 0) is 67.0 Å². The maximum atomic E-state index is 14.0. The van der Waals surface area contributed by atoms with Crippen molar-refractivity contribution in [3.05, 3.63) is 106 Å². The van der Waals surface area contributed by atoms with Crippen molar-refractivity contribution in [3.63, 3.8) is 0 Å². The number of aromatic carboxylic acids is 1. The first kappa shape index (κ1) is 46.6. The van der Waals surface area contributed by atoms with Gasteiger partial charge < -0.3 is 20.5 Å². The second-order valence-electron chi connectivity index (χ2n) is 15.2. The van der Waals surface area contributed by atoms with E-state index < -0.39 is 77.5 Å². The number of carbonyl (C=O) groups excluding carboxylic acids is 1. The van der Waals surface area contributed by atoms with Crippen molar-refractivity contribution in [1.29, 1.82) is 0 Å². The fourth-order valence-electron chi connectivity index (χ4n) is 6.46. The maximum absolute atomic E-state index is 14.0. The summed E-state index contributed by atoms with van der Waals surface area (Å²) in [5.41, 5.74) is -5.13. The number of hydrogen-bond acceptors (Lipinski definition) is 9. The van der Waals surface area contributed by atoms with Crippen molar-refractivity contribution in [1.82, 2.24) is 19.6 Å². The fraction of sp³-hybridized carbons (Fsp3) is 0.436. The SMILES string of the molecule is Cn1nc(C(F)(F)F)cc1C1(C(F)(F)F)CC(c2ccc(C(=O)CC3CC3)cc2)=NO1.Cn1nc(C(F)(F)F)cc1C1(C(F)(F)F)CC(c2ccc(C(=O)O)cc2)=NO1.NC1CC1. The number of Topliss-reactive ketones (excluding diaryl/α,β-unsaturated/α-hetero) is 1. The minimum absolute atomic E-state index is 0.0436. The smallest absolute Gasteiger partial charge is 0.437 e. The summed E-state index contributed by atoms with van der Waals surface area (Å²) in [5.74, 6) is -0.874. The van der Waals surface area contributed by atoms with Crippen LogP contribution >= 0.6 is 0 Å². The lowest BCUT2D eigenvalue weighted by Gasteiger charge is -2.28. The number of carboxylic acid groups (broad SMARTS) is 1. The third-order valence-corrected chi connectivity index (χ3v) is 10.3. The summed E-state index contributed by atoms with van der Waals surface area (Å²) >= 11 is 0. The molecule has 0 bridgehead atoms.